The topological polar surface area (TPSA) is 27.7 Å². The third-order valence-electron chi connectivity index (χ3n) is 1.16. The molecule has 0 amide bonds. The van der Waals surface area contributed by atoms with Crippen molar-refractivity contribution in [2.24, 2.45) is 0 Å². The van der Waals surface area contributed by atoms with E-state index in [4.69, 9.17) is 14.2 Å². The second-order valence-electron chi connectivity index (χ2n) is 2.03. The maximum atomic E-state index is 5.14. The van der Waals surface area contributed by atoms with Crippen molar-refractivity contribution in [3.8, 4) is 0 Å². The summed E-state index contributed by atoms with van der Waals surface area (Å²) in [7, 11) is 3.23. The van der Waals surface area contributed by atoms with Crippen molar-refractivity contribution in [3.05, 3.63) is 0 Å². The minimum atomic E-state index is -0.107. The maximum Gasteiger partial charge on any atom is 0.160 e. The molecule has 0 aromatic rings. The Morgan fingerprint density at radius 3 is 2.40 bits per heavy atom. The molecule has 0 radical (unpaired) electrons. The molecule has 0 fully saturated rings. The molecule has 0 N–H and O–H groups in total. The van der Waals surface area contributed by atoms with Gasteiger partial charge in [-0.3, -0.25) is 0 Å². The lowest BCUT2D eigenvalue weighted by Gasteiger charge is -2.13. The van der Waals surface area contributed by atoms with Gasteiger partial charge >= 0.3 is 0 Å². The molecule has 0 aromatic carbocycles. The van der Waals surface area contributed by atoms with Crippen molar-refractivity contribution in [1.82, 2.24) is 0 Å². The molecule has 10 heavy (non-hydrogen) atoms. The first-order valence-electron chi connectivity index (χ1n) is 3.48. The largest absolute Gasteiger partial charge is 0.359 e. The first-order chi connectivity index (χ1) is 4.85. The van der Waals surface area contributed by atoms with Crippen LogP contribution >= 0.6 is 0 Å². The molecule has 0 rings (SSSR count). The summed E-state index contributed by atoms with van der Waals surface area (Å²) in [5.41, 5.74) is 0. The molecule has 0 aromatic heterocycles. The van der Waals surface area contributed by atoms with E-state index in [2.05, 4.69) is 6.92 Å². The summed E-state index contributed by atoms with van der Waals surface area (Å²) in [5.74, 6) is 0. The van der Waals surface area contributed by atoms with E-state index in [0.717, 1.165) is 12.8 Å². The smallest absolute Gasteiger partial charge is 0.160 e. The van der Waals surface area contributed by atoms with Gasteiger partial charge in [-0.1, -0.05) is 13.3 Å². The van der Waals surface area contributed by atoms with Crippen LogP contribution in [0.1, 0.15) is 19.8 Å². The van der Waals surface area contributed by atoms with Crippen LogP contribution in [0, 0.1) is 0 Å². The lowest BCUT2D eigenvalue weighted by molar-refractivity contribution is -0.178. The minimum absolute atomic E-state index is 0.107. The van der Waals surface area contributed by atoms with E-state index in [1.54, 1.807) is 14.2 Å². The molecule has 0 aliphatic heterocycles. The second kappa shape index (κ2) is 6.99. The van der Waals surface area contributed by atoms with Crippen LogP contribution in [0.15, 0.2) is 0 Å². The van der Waals surface area contributed by atoms with Crippen LogP contribution in [0.25, 0.3) is 0 Å². The van der Waals surface area contributed by atoms with Crippen LogP contribution in [0.4, 0.5) is 0 Å². The molecule has 0 aliphatic rings. The molecule has 0 heterocycles. The van der Waals surface area contributed by atoms with E-state index in [0.29, 0.717) is 6.79 Å². The van der Waals surface area contributed by atoms with Crippen LogP contribution < -0.4 is 0 Å². The Bertz CT molecular complexity index is 65.9. The van der Waals surface area contributed by atoms with Gasteiger partial charge in [0.05, 0.1) is 0 Å². The van der Waals surface area contributed by atoms with Crippen molar-refractivity contribution in [1.29, 1.82) is 0 Å². The van der Waals surface area contributed by atoms with Crippen LogP contribution in [-0.2, 0) is 14.2 Å². The summed E-state index contributed by atoms with van der Waals surface area (Å²) in [6.45, 7) is 2.39. The summed E-state index contributed by atoms with van der Waals surface area (Å²) in [6, 6.07) is 0. The molecular formula is C7H16O3. The minimum Gasteiger partial charge on any atom is -0.359 e. The van der Waals surface area contributed by atoms with Gasteiger partial charge in [-0.15, -0.1) is 0 Å². The lowest BCUT2D eigenvalue weighted by Crippen LogP contribution is -2.16. The summed E-state index contributed by atoms with van der Waals surface area (Å²) >= 11 is 0. The first kappa shape index (κ1) is 9.88. The number of methoxy groups -OCH3 is 2. The summed E-state index contributed by atoms with van der Waals surface area (Å²) < 4.78 is 14.8. The zero-order chi connectivity index (χ0) is 7.82. The summed E-state index contributed by atoms with van der Waals surface area (Å²) in [6.07, 6.45) is 1.87. The zero-order valence-electron chi connectivity index (χ0n) is 6.92. The lowest BCUT2D eigenvalue weighted by atomic mass is 10.3. The SMILES string of the molecule is CCCC(OC)OCOC. The van der Waals surface area contributed by atoms with Crippen molar-refractivity contribution < 1.29 is 14.2 Å². The highest BCUT2D eigenvalue weighted by Gasteiger charge is 2.03. The highest BCUT2D eigenvalue weighted by molar-refractivity contribution is 4.39. The van der Waals surface area contributed by atoms with Gasteiger partial charge in [0.15, 0.2) is 6.29 Å². The van der Waals surface area contributed by atoms with Gasteiger partial charge in [-0.25, -0.2) is 0 Å². The van der Waals surface area contributed by atoms with E-state index < -0.39 is 0 Å². The number of hydrogen-bond donors (Lipinski definition) is 0. The fraction of sp³-hybridized carbons (Fsp3) is 1.00. The third kappa shape index (κ3) is 4.73. The fourth-order valence-electron chi connectivity index (χ4n) is 0.649. The van der Waals surface area contributed by atoms with Gasteiger partial charge in [0.1, 0.15) is 6.79 Å². The molecule has 62 valence electrons. The Kier molecular flexibility index (Phi) is 6.91. The van der Waals surface area contributed by atoms with Gasteiger partial charge < -0.3 is 14.2 Å². The zero-order valence-corrected chi connectivity index (χ0v) is 6.92. The van der Waals surface area contributed by atoms with E-state index in [1.165, 1.54) is 0 Å². The monoisotopic (exact) mass is 148 g/mol. The molecule has 1 unspecified atom stereocenters. The van der Waals surface area contributed by atoms with Gasteiger partial charge in [0, 0.05) is 14.2 Å². The average Bonchev–Trinajstić information content (AvgIpc) is 1.98. The molecular weight excluding hydrogens is 132 g/mol. The molecule has 0 bridgehead atoms. The third-order valence-corrected chi connectivity index (χ3v) is 1.16. The Morgan fingerprint density at radius 2 is 2.00 bits per heavy atom. The molecule has 1 atom stereocenters. The number of ether oxygens (including phenoxy) is 3. The molecule has 0 spiro atoms. The van der Waals surface area contributed by atoms with Crippen LogP contribution in [0.2, 0.25) is 0 Å². The predicted molar refractivity (Wildman–Crippen MR) is 38.7 cm³/mol. The van der Waals surface area contributed by atoms with Crippen LogP contribution in [0.3, 0.4) is 0 Å². The number of hydrogen-bond acceptors (Lipinski definition) is 3. The van der Waals surface area contributed by atoms with Gasteiger partial charge in [0.25, 0.3) is 0 Å². The van der Waals surface area contributed by atoms with E-state index in [9.17, 15) is 0 Å². The Labute approximate surface area is 62.3 Å². The maximum absolute atomic E-state index is 5.14. The average molecular weight is 148 g/mol. The van der Waals surface area contributed by atoms with Gasteiger partial charge in [-0.05, 0) is 6.42 Å². The fourth-order valence-corrected chi connectivity index (χ4v) is 0.649. The summed E-state index contributed by atoms with van der Waals surface area (Å²) in [4.78, 5) is 0. The Balaban J connectivity index is 3.21. The van der Waals surface area contributed by atoms with Crippen molar-refractivity contribution in [2.45, 2.75) is 26.1 Å². The van der Waals surface area contributed by atoms with Crippen molar-refractivity contribution in [2.75, 3.05) is 21.0 Å². The Morgan fingerprint density at radius 1 is 1.30 bits per heavy atom. The van der Waals surface area contributed by atoms with E-state index in [-0.39, 0.29) is 6.29 Å². The van der Waals surface area contributed by atoms with E-state index in [1.807, 2.05) is 0 Å². The molecule has 0 saturated carbocycles. The standard InChI is InChI=1S/C7H16O3/c1-4-5-7(9-3)10-6-8-2/h7H,4-6H2,1-3H3. The van der Waals surface area contributed by atoms with Crippen molar-refractivity contribution >= 4 is 0 Å². The molecule has 3 nitrogen and oxygen atoms in total. The van der Waals surface area contributed by atoms with E-state index >= 15 is 0 Å². The first-order valence-corrected chi connectivity index (χ1v) is 3.48. The van der Waals surface area contributed by atoms with Crippen molar-refractivity contribution in [3.63, 3.8) is 0 Å². The van der Waals surface area contributed by atoms with Crippen LogP contribution in [-0.4, -0.2) is 27.3 Å². The van der Waals surface area contributed by atoms with Crippen LogP contribution in [0.5, 0.6) is 0 Å². The molecule has 0 aliphatic carbocycles. The predicted octanol–water partition coefficient (Wildman–Crippen LogP) is 1.38. The summed E-state index contributed by atoms with van der Waals surface area (Å²) in [5, 5.41) is 0. The quantitative estimate of drug-likeness (QED) is 0.532. The molecule has 0 saturated heterocycles. The highest BCUT2D eigenvalue weighted by atomic mass is 16.7. The normalized spacial score (nSPS) is 13.5. The Hall–Kier alpha value is -0.120. The molecule has 3 heteroatoms. The van der Waals surface area contributed by atoms with Gasteiger partial charge in [0.2, 0.25) is 0 Å². The highest BCUT2D eigenvalue weighted by Crippen LogP contribution is 2.01. The number of rotatable bonds is 6. The second-order valence-corrected chi connectivity index (χ2v) is 2.03. The van der Waals surface area contributed by atoms with Gasteiger partial charge in [-0.2, -0.15) is 0 Å².